The number of carbonyl (C=O) groups is 1. The van der Waals surface area contributed by atoms with E-state index in [1.165, 1.54) is 12.8 Å². The number of carbonyl (C=O) groups excluding carboxylic acids is 1. The van der Waals surface area contributed by atoms with Crippen LogP contribution in [0.4, 0.5) is 0 Å². The van der Waals surface area contributed by atoms with Crippen molar-refractivity contribution in [1.29, 1.82) is 0 Å². The van der Waals surface area contributed by atoms with Gasteiger partial charge in [-0.15, -0.1) is 0 Å². The van der Waals surface area contributed by atoms with Crippen molar-refractivity contribution in [3.05, 3.63) is 28.8 Å². The molecule has 1 N–H and O–H groups in total. The summed E-state index contributed by atoms with van der Waals surface area (Å²) < 4.78 is 5.48. The van der Waals surface area contributed by atoms with E-state index in [9.17, 15) is 4.79 Å². The summed E-state index contributed by atoms with van der Waals surface area (Å²) in [5.41, 5.74) is 3.22. The molecular weight excluding hydrogens is 298 g/mol. The molecule has 0 spiro atoms. The summed E-state index contributed by atoms with van der Waals surface area (Å²) >= 11 is 0. The Hall–Kier alpha value is -1.51. The second kappa shape index (κ2) is 7.58. The highest BCUT2D eigenvalue weighted by Gasteiger charge is 2.33. The summed E-state index contributed by atoms with van der Waals surface area (Å²) in [6.45, 7) is 10.9. The Kier molecular flexibility index (Phi) is 5.95. The summed E-state index contributed by atoms with van der Waals surface area (Å²) in [6, 6.07) is 4.12. The molecule has 24 heavy (non-hydrogen) atoms. The topological polar surface area (TPSA) is 38.3 Å². The zero-order valence-electron chi connectivity index (χ0n) is 16.2. The predicted octanol–water partition coefficient (Wildman–Crippen LogP) is 4.58. The molecule has 0 unspecified atom stereocenters. The molecule has 3 heteroatoms. The molecule has 0 radical (unpaired) electrons. The van der Waals surface area contributed by atoms with Crippen LogP contribution >= 0.6 is 0 Å². The molecule has 1 aromatic carbocycles. The van der Waals surface area contributed by atoms with Gasteiger partial charge in [0.25, 0.3) is 0 Å². The average Bonchev–Trinajstić information content (AvgIpc) is 2.49. The predicted molar refractivity (Wildman–Crippen MR) is 99.5 cm³/mol. The smallest absolute Gasteiger partial charge is 0.224 e. The molecule has 0 aromatic heterocycles. The van der Waals surface area contributed by atoms with Gasteiger partial charge in [0.2, 0.25) is 5.91 Å². The number of methoxy groups -OCH3 is 1. The van der Waals surface area contributed by atoms with Crippen molar-refractivity contribution in [2.24, 2.45) is 11.8 Å². The Labute approximate surface area is 147 Å². The van der Waals surface area contributed by atoms with Crippen molar-refractivity contribution in [3.63, 3.8) is 0 Å². The van der Waals surface area contributed by atoms with Crippen LogP contribution in [0.15, 0.2) is 12.1 Å². The SMILES string of the molecule is COc1cc(C)cc(C)c1CC(=O)NC1(C)CCC(C(C)C)CC1. The van der Waals surface area contributed by atoms with Crippen LogP contribution in [0, 0.1) is 25.7 Å². The Morgan fingerprint density at radius 3 is 2.46 bits per heavy atom. The van der Waals surface area contributed by atoms with Gasteiger partial charge in [0.05, 0.1) is 13.5 Å². The van der Waals surface area contributed by atoms with E-state index in [2.05, 4.69) is 32.2 Å². The number of hydrogen-bond donors (Lipinski definition) is 1. The van der Waals surface area contributed by atoms with Crippen LogP contribution < -0.4 is 10.1 Å². The van der Waals surface area contributed by atoms with Gasteiger partial charge in [-0.25, -0.2) is 0 Å². The van der Waals surface area contributed by atoms with E-state index in [4.69, 9.17) is 4.74 Å². The minimum absolute atomic E-state index is 0.0612. The average molecular weight is 332 g/mol. The van der Waals surface area contributed by atoms with Crippen LogP contribution in [0.3, 0.4) is 0 Å². The normalized spacial score (nSPS) is 24.0. The number of ether oxygens (including phenoxy) is 1. The minimum atomic E-state index is -0.0612. The summed E-state index contributed by atoms with van der Waals surface area (Å²) in [7, 11) is 1.67. The largest absolute Gasteiger partial charge is 0.496 e. The Morgan fingerprint density at radius 1 is 1.29 bits per heavy atom. The molecule has 0 atom stereocenters. The fourth-order valence-corrected chi connectivity index (χ4v) is 3.98. The molecule has 2 rings (SSSR count). The van der Waals surface area contributed by atoms with Crippen molar-refractivity contribution in [2.45, 2.75) is 72.3 Å². The lowest BCUT2D eigenvalue weighted by Crippen LogP contribution is -2.49. The van der Waals surface area contributed by atoms with Crippen molar-refractivity contribution in [1.82, 2.24) is 5.32 Å². The summed E-state index contributed by atoms with van der Waals surface area (Å²) in [5, 5.41) is 3.30. The van der Waals surface area contributed by atoms with Crippen molar-refractivity contribution in [3.8, 4) is 5.75 Å². The number of amides is 1. The third-order valence-electron chi connectivity index (χ3n) is 5.65. The summed E-state index contributed by atoms with van der Waals surface area (Å²) in [4.78, 5) is 12.6. The van der Waals surface area contributed by atoms with E-state index in [1.54, 1.807) is 7.11 Å². The molecule has 1 fully saturated rings. The Balaban J connectivity index is 2.02. The van der Waals surface area contributed by atoms with Gasteiger partial charge in [-0.3, -0.25) is 4.79 Å². The van der Waals surface area contributed by atoms with E-state index in [0.29, 0.717) is 6.42 Å². The van der Waals surface area contributed by atoms with Crippen LogP contribution in [0.25, 0.3) is 0 Å². The van der Waals surface area contributed by atoms with Crippen molar-refractivity contribution < 1.29 is 9.53 Å². The van der Waals surface area contributed by atoms with Gasteiger partial charge < -0.3 is 10.1 Å². The summed E-state index contributed by atoms with van der Waals surface area (Å²) in [5.74, 6) is 2.46. The molecule has 1 amide bonds. The second-order valence-corrected chi connectivity index (χ2v) is 8.13. The van der Waals surface area contributed by atoms with Crippen LogP contribution in [-0.4, -0.2) is 18.6 Å². The molecule has 1 saturated carbocycles. The molecule has 0 bridgehead atoms. The third kappa shape index (κ3) is 4.52. The fourth-order valence-electron chi connectivity index (χ4n) is 3.98. The standard InChI is InChI=1S/C21H33NO2/c1-14(2)17-7-9-21(5,10-8-17)22-20(23)13-18-16(4)11-15(3)12-19(18)24-6/h11-12,14,17H,7-10,13H2,1-6H3,(H,22,23). The fraction of sp³-hybridized carbons (Fsp3) is 0.667. The highest BCUT2D eigenvalue weighted by molar-refractivity contribution is 5.80. The van der Waals surface area contributed by atoms with Gasteiger partial charge >= 0.3 is 0 Å². The van der Waals surface area contributed by atoms with Gasteiger partial charge in [0, 0.05) is 11.1 Å². The lowest BCUT2D eigenvalue weighted by atomic mass is 9.73. The summed E-state index contributed by atoms with van der Waals surface area (Å²) in [6.07, 6.45) is 4.96. The molecular formula is C21H33NO2. The molecule has 3 nitrogen and oxygen atoms in total. The van der Waals surface area contributed by atoms with E-state index in [0.717, 1.165) is 47.1 Å². The first-order valence-electron chi connectivity index (χ1n) is 9.19. The maximum atomic E-state index is 12.6. The van der Waals surface area contributed by atoms with E-state index >= 15 is 0 Å². The monoisotopic (exact) mass is 331 g/mol. The number of aryl methyl sites for hydroxylation is 2. The Morgan fingerprint density at radius 2 is 1.92 bits per heavy atom. The van der Waals surface area contributed by atoms with E-state index < -0.39 is 0 Å². The maximum Gasteiger partial charge on any atom is 0.224 e. The molecule has 134 valence electrons. The molecule has 0 saturated heterocycles. The van der Waals surface area contributed by atoms with Gasteiger partial charge in [-0.1, -0.05) is 19.9 Å². The minimum Gasteiger partial charge on any atom is -0.496 e. The van der Waals surface area contributed by atoms with Gasteiger partial charge in [0.1, 0.15) is 5.75 Å². The molecule has 0 aliphatic heterocycles. The third-order valence-corrected chi connectivity index (χ3v) is 5.65. The second-order valence-electron chi connectivity index (χ2n) is 8.13. The first kappa shape index (κ1) is 18.8. The zero-order valence-corrected chi connectivity index (χ0v) is 16.2. The Bertz CT molecular complexity index is 584. The highest BCUT2D eigenvalue weighted by Crippen LogP contribution is 2.35. The highest BCUT2D eigenvalue weighted by atomic mass is 16.5. The molecule has 1 aliphatic rings. The van der Waals surface area contributed by atoms with Gasteiger partial charge in [-0.2, -0.15) is 0 Å². The first-order chi connectivity index (χ1) is 11.2. The molecule has 1 aromatic rings. The van der Waals surface area contributed by atoms with Crippen LogP contribution in [0.1, 0.15) is 63.1 Å². The number of hydrogen-bond acceptors (Lipinski definition) is 2. The van der Waals surface area contributed by atoms with Crippen LogP contribution in [-0.2, 0) is 11.2 Å². The van der Waals surface area contributed by atoms with E-state index in [1.807, 2.05) is 19.9 Å². The van der Waals surface area contributed by atoms with Crippen LogP contribution in [0.2, 0.25) is 0 Å². The lowest BCUT2D eigenvalue weighted by Gasteiger charge is -2.39. The lowest BCUT2D eigenvalue weighted by molar-refractivity contribution is -0.122. The maximum absolute atomic E-state index is 12.6. The van der Waals surface area contributed by atoms with Gasteiger partial charge in [0.15, 0.2) is 0 Å². The zero-order chi connectivity index (χ0) is 17.9. The number of rotatable bonds is 5. The first-order valence-corrected chi connectivity index (χ1v) is 9.19. The number of benzene rings is 1. The number of nitrogens with one attached hydrogen (secondary N) is 1. The quantitative estimate of drug-likeness (QED) is 0.858. The molecule has 0 heterocycles. The molecule has 1 aliphatic carbocycles. The van der Waals surface area contributed by atoms with E-state index in [-0.39, 0.29) is 11.4 Å². The van der Waals surface area contributed by atoms with Crippen LogP contribution in [0.5, 0.6) is 5.75 Å². The van der Waals surface area contributed by atoms with Crippen molar-refractivity contribution >= 4 is 5.91 Å². The van der Waals surface area contributed by atoms with Crippen molar-refractivity contribution in [2.75, 3.05) is 7.11 Å². The van der Waals surface area contributed by atoms with Gasteiger partial charge in [-0.05, 0) is 75.5 Å².